The van der Waals surface area contributed by atoms with E-state index in [1.54, 1.807) is 19.1 Å². The number of benzene rings is 1. The Hall–Kier alpha value is -1.67. The summed E-state index contributed by atoms with van der Waals surface area (Å²) in [6.07, 6.45) is 0. The Labute approximate surface area is 114 Å². The number of rotatable bonds is 4. The first kappa shape index (κ1) is 14.4. The molecule has 1 unspecified atom stereocenters. The summed E-state index contributed by atoms with van der Waals surface area (Å²) in [7, 11) is 0. The molecule has 0 heterocycles. The lowest BCUT2D eigenvalue weighted by atomic mass is 10.00. The van der Waals surface area contributed by atoms with Crippen molar-refractivity contribution in [3.63, 3.8) is 0 Å². The SMILES string of the molecule is CCOC(=O)c1cc(C#N)ccc1C(Br)C(C)=O. The molecule has 18 heavy (non-hydrogen) atoms. The van der Waals surface area contributed by atoms with Crippen LogP contribution in [0.3, 0.4) is 0 Å². The minimum absolute atomic E-state index is 0.120. The van der Waals surface area contributed by atoms with Crippen LogP contribution in [0.5, 0.6) is 0 Å². The van der Waals surface area contributed by atoms with Gasteiger partial charge in [0.25, 0.3) is 0 Å². The lowest BCUT2D eigenvalue weighted by Crippen LogP contribution is -2.12. The highest BCUT2D eigenvalue weighted by molar-refractivity contribution is 9.09. The van der Waals surface area contributed by atoms with Gasteiger partial charge < -0.3 is 4.74 Å². The van der Waals surface area contributed by atoms with Gasteiger partial charge >= 0.3 is 5.97 Å². The highest BCUT2D eigenvalue weighted by Crippen LogP contribution is 2.28. The normalized spacial score (nSPS) is 11.4. The highest BCUT2D eigenvalue weighted by atomic mass is 79.9. The molecule has 0 aliphatic carbocycles. The van der Waals surface area contributed by atoms with Gasteiger partial charge in [0.2, 0.25) is 0 Å². The van der Waals surface area contributed by atoms with Crippen molar-refractivity contribution in [3.8, 4) is 6.07 Å². The number of carbonyl (C=O) groups excluding carboxylic acids is 2. The number of alkyl halides is 1. The monoisotopic (exact) mass is 309 g/mol. The number of ether oxygens (including phenoxy) is 1. The van der Waals surface area contributed by atoms with Crippen molar-refractivity contribution in [2.45, 2.75) is 18.7 Å². The standard InChI is InChI=1S/C13H12BrNO3/c1-3-18-13(17)11-6-9(7-15)4-5-10(11)12(14)8(2)16/h4-6,12H,3H2,1-2H3. The molecule has 0 radical (unpaired) electrons. The van der Waals surface area contributed by atoms with Gasteiger partial charge in [-0.1, -0.05) is 22.0 Å². The van der Waals surface area contributed by atoms with Crippen molar-refractivity contribution in [1.82, 2.24) is 0 Å². The molecule has 4 nitrogen and oxygen atoms in total. The van der Waals surface area contributed by atoms with Gasteiger partial charge in [-0.15, -0.1) is 0 Å². The predicted molar refractivity (Wildman–Crippen MR) is 69.5 cm³/mol. The molecular weight excluding hydrogens is 298 g/mol. The fourth-order valence-corrected chi connectivity index (χ4v) is 1.85. The van der Waals surface area contributed by atoms with Crippen molar-refractivity contribution in [2.24, 2.45) is 0 Å². The van der Waals surface area contributed by atoms with Gasteiger partial charge in [-0.2, -0.15) is 5.26 Å². The van der Waals surface area contributed by atoms with Gasteiger partial charge in [0.1, 0.15) is 5.78 Å². The Bertz CT molecular complexity index is 519. The van der Waals surface area contributed by atoms with Crippen LogP contribution in [0.25, 0.3) is 0 Å². The van der Waals surface area contributed by atoms with Crippen molar-refractivity contribution in [1.29, 1.82) is 5.26 Å². The van der Waals surface area contributed by atoms with E-state index in [1.807, 2.05) is 6.07 Å². The second-order valence-electron chi connectivity index (χ2n) is 3.61. The molecule has 0 bridgehead atoms. The third kappa shape index (κ3) is 3.17. The zero-order valence-electron chi connectivity index (χ0n) is 10.1. The molecule has 0 N–H and O–H groups in total. The lowest BCUT2D eigenvalue weighted by molar-refractivity contribution is -0.116. The Kier molecular flexibility index (Phi) is 5.05. The Morgan fingerprint density at radius 3 is 2.67 bits per heavy atom. The van der Waals surface area contributed by atoms with Gasteiger partial charge in [-0.3, -0.25) is 4.79 Å². The molecule has 1 atom stereocenters. The third-order valence-electron chi connectivity index (χ3n) is 2.31. The Morgan fingerprint density at radius 1 is 1.50 bits per heavy atom. The van der Waals surface area contributed by atoms with Crippen LogP contribution in [0.1, 0.15) is 40.2 Å². The van der Waals surface area contributed by atoms with Gasteiger partial charge in [-0.25, -0.2) is 4.79 Å². The molecule has 1 aromatic rings. The largest absolute Gasteiger partial charge is 0.462 e. The van der Waals surface area contributed by atoms with Crippen LogP contribution in [0.2, 0.25) is 0 Å². The third-order valence-corrected chi connectivity index (χ3v) is 3.45. The van der Waals surface area contributed by atoms with E-state index in [0.717, 1.165) is 0 Å². The van der Waals surface area contributed by atoms with Gasteiger partial charge in [0.15, 0.2) is 0 Å². The number of Topliss-reactive ketones (excluding diaryl/α,β-unsaturated/α-hetero) is 1. The minimum Gasteiger partial charge on any atom is -0.462 e. The van der Waals surface area contributed by atoms with Crippen LogP contribution in [0, 0.1) is 11.3 Å². The number of carbonyl (C=O) groups is 2. The van der Waals surface area contributed by atoms with E-state index in [4.69, 9.17) is 10.00 Å². The number of nitrogens with zero attached hydrogens (tertiary/aromatic N) is 1. The topological polar surface area (TPSA) is 67.2 Å². The summed E-state index contributed by atoms with van der Waals surface area (Å²) in [6, 6.07) is 6.54. The zero-order valence-corrected chi connectivity index (χ0v) is 11.7. The first-order valence-corrected chi connectivity index (χ1v) is 6.28. The molecule has 0 amide bonds. The summed E-state index contributed by atoms with van der Waals surface area (Å²) in [5.74, 6) is -0.652. The summed E-state index contributed by atoms with van der Waals surface area (Å²) in [5.41, 5.74) is 1.11. The van der Waals surface area contributed by atoms with Gasteiger partial charge in [0, 0.05) is 0 Å². The second-order valence-corrected chi connectivity index (χ2v) is 4.52. The van der Waals surface area contributed by atoms with E-state index in [1.165, 1.54) is 13.0 Å². The van der Waals surface area contributed by atoms with E-state index in [-0.39, 0.29) is 18.0 Å². The van der Waals surface area contributed by atoms with Crippen LogP contribution < -0.4 is 0 Å². The molecule has 0 aliphatic rings. The summed E-state index contributed by atoms with van der Waals surface area (Å²) in [4.78, 5) is 22.6. The van der Waals surface area contributed by atoms with Gasteiger partial charge in [-0.05, 0) is 31.5 Å². The number of halogens is 1. The zero-order chi connectivity index (χ0) is 13.7. The van der Waals surface area contributed by atoms with E-state index in [9.17, 15) is 9.59 Å². The first-order chi connectivity index (χ1) is 8.51. The number of esters is 1. The number of hydrogen-bond donors (Lipinski definition) is 0. The predicted octanol–water partition coefficient (Wildman–Crippen LogP) is 2.76. The molecule has 0 aliphatic heterocycles. The fourth-order valence-electron chi connectivity index (χ4n) is 1.45. The van der Waals surface area contributed by atoms with Gasteiger partial charge in [0.05, 0.1) is 28.6 Å². The maximum Gasteiger partial charge on any atom is 0.338 e. The molecule has 5 heteroatoms. The number of nitriles is 1. The molecule has 0 saturated carbocycles. The fraction of sp³-hybridized carbons (Fsp3) is 0.308. The number of ketones is 1. The molecule has 0 spiro atoms. The molecule has 0 saturated heterocycles. The average Bonchev–Trinajstić information content (AvgIpc) is 2.37. The molecule has 1 rings (SSSR count). The van der Waals surface area contributed by atoms with E-state index >= 15 is 0 Å². The Morgan fingerprint density at radius 2 is 2.17 bits per heavy atom. The maximum absolute atomic E-state index is 11.8. The van der Waals surface area contributed by atoms with E-state index < -0.39 is 10.8 Å². The summed E-state index contributed by atoms with van der Waals surface area (Å²) >= 11 is 3.23. The molecule has 0 fully saturated rings. The summed E-state index contributed by atoms with van der Waals surface area (Å²) in [5, 5.41) is 8.83. The van der Waals surface area contributed by atoms with Crippen LogP contribution in [0.4, 0.5) is 0 Å². The number of hydrogen-bond acceptors (Lipinski definition) is 4. The maximum atomic E-state index is 11.8. The molecular formula is C13H12BrNO3. The highest BCUT2D eigenvalue weighted by Gasteiger charge is 2.21. The van der Waals surface area contributed by atoms with Crippen molar-refractivity contribution < 1.29 is 14.3 Å². The van der Waals surface area contributed by atoms with Crippen molar-refractivity contribution in [2.75, 3.05) is 6.61 Å². The smallest absolute Gasteiger partial charge is 0.338 e. The Balaban J connectivity index is 3.29. The quantitative estimate of drug-likeness (QED) is 0.633. The van der Waals surface area contributed by atoms with Crippen molar-refractivity contribution in [3.05, 3.63) is 34.9 Å². The van der Waals surface area contributed by atoms with Crippen molar-refractivity contribution >= 4 is 27.7 Å². The van der Waals surface area contributed by atoms with E-state index in [0.29, 0.717) is 11.1 Å². The van der Waals surface area contributed by atoms with E-state index in [2.05, 4.69) is 15.9 Å². The molecule has 94 valence electrons. The second kappa shape index (κ2) is 6.31. The minimum atomic E-state index is -0.579. The van der Waals surface area contributed by atoms with Crippen LogP contribution >= 0.6 is 15.9 Å². The average molecular weight is 310 g/mol. The lowest BCUT2D eigenvalue weighted by Gasteiger charge is -2.12. The molecule has 0 aromatic heterocycles. The van der Waals surface area contributed by atoms with Crippen LogP contribution in [-0.2, 0) is 9.53 Å². The first-order valence-electron chi connectivity index (χ1n) is 5.37. The van der Waals surface area contributed by atoms with Crippen LogP contribution in [-0.4, -0.2) is 18.4 Å². The van der Waals surface area contributed by atoms with Crippen LogP contribution in [0.15, 0.2) is 18.2 Å². The molecule has 1 aromatic carbocycles. The summed E-state index contributed by atoms with van der Waals surface area (Å²) in [6.45, 7) is 3.36. The summed E-state index contributed by atoms with van der Waals surface area (Å²) < 4.78 is 4.92.